The van der Waals surface area contributed by atoms with Crippen LogP contribution in [0.3, 0.4) is 0 Å². The third-order valence-electron chi connectivity index (χ3n) is 3.74. The SMILES string of the molecule is CC(C)(C)CCOCCNCCC(n1ccnc1)n1ccnc1. The second-order valence-corrected chi connectivity index (χ2v) is 6.96. The van der Waals surface area contributed by atoms with Crippen molar-refractivity contribution in [1.29, 1.82) is 0 Å². The number of nitrogens with zero attached hydrogens (tertiary/aromatic N) is 4. The maximum Gasteiger partial charge on any atom is 0.113 e. The first-order valence-electron chi connectivity index (χ1n) is 8.29. The van der Waals surface area contributed by atoms with Gasteiger partial charge in [-0.15, -0.1) is 0 Å². The van der Waals surface area contributed by atoms with Crippen molar-refractivity contribution in [3.05, 3.63) is 37.4 Å². The van der Waals surface area contributed by atoms with E-state index in [1.807, 2.05) is 25.0 Å². The van der Waals surface area contributed by atoms with Crippen molar-refractivity contribution in [3.8, 4) is 0 Å². The molecule has 23 heavy (non-hydrogen) atoms. The topological polar surface area (TPSA) is 56.9 Å². The summed E-state index contributed by atoms with van der Waals surface area (Å²) in [6.07, 6.45) is 13.5. The van der Waals surface area contributed by atoms with E-state index in [0.717, 1.165) is 39.1 Å². The fraction of sp³-hybridized carbons (Fsp3) is 0.647. The Bertz CT molecular complexity index is 481. The standard InChI is InChI=1S/C17H29N5O/c1-17(2,3)5-12-23-13-9-18-6-4-16(21-10-7-19-14-21)22-11-8-20-15-22/h7-8,10-11,14-16,18H,4-6,9,12-13H2,1-3H3. The molecule has 0 aliphatic rings. The molecule has 0 atom stereocenters. The highest BCUT2D eigenvalue weighted by Crippen LogP contribution is 2.17. The molecule has 0 unspecified atom stereocenters. The Labute approximate surface area is 138 Å². The van der Waals surface area contributed by atoms with Crippen LogP contribution in [-0.4, -0.2) is 45.4 Å². The molecule has 0 bridgehead atoms. The summed E-state index contributed by atoms with van der Waals surface area (Å²) in [6.45, 7) is 10.1. The number of ether oxygens (including phenoxy) is 1. The third kappa shape index (κ3) is 6.54. The number of hydrogen-bond donors (Lipinski definition) is 1. The molecule has 0 spiro atoms. The summed E-state index contributed by atoms with van der Waals surface area (Å²) < 4.78 is 9.87. The second-order valence-electron chi connectivity index (χ2n) is 6.96. The number of aromatic nitrogens is 4. The molecule has 0 aromatic carbocycles. The fourth-order valence-corrected chi connectivity index (χ4v) is 2.32. The van der Waals surface area contributed by atoms with E-state index in [9.17, 15) is 0 Å². The molecule has 6 heteroatoms. The van der Waals surface area contributed by atoms with Crippen LogP contribution in [0.1, 0.15) is 39.8 Å². The third-order valence-corrected chi connectivity index (χ3v) is 3.74. The summed E-state index contributed by atoms with van der Waals surface area (Å²) in [4.78, 5) is 8.28. The first-order valence-corrected chi connectivity index (χ1v) is 8.29. The van der Waals surface area contributed by atoms with Crippen LogP contribution in [-0.2, 0) is 4.74 Å². The Morgan fingerprint density at radius 1 is 1.00 bits per heavy atom. The first-order chi connectivity index (χ1) is 11.1. The van der Waals surface area contributed by atoms with Crippen molar-refractivity contribution in [2.75, 3.05) is 26.3 Å². The Kier molecular flexibility index (Phi) is 6.80. The number of nitrogens with one attached hydrogen (secondary N) is 1. The summed E-state index contributed by atoms with van der Waals surface area (Å²) in [5, 5.41) is 3.44. The molecule has 6 nitrogen and oxygen atoms in total. The van der Waals surface area contributed by atoms with Gasteiger partial charge in [-0.25, -0.2) is 9.97 Å². The minimum atomic E-state index is 0.203. The average Bonchev–Trinajstić information content (AvgIpc) is 3.18. The Morgan fingerprint density at radius 2 is 1.65 bits per heavy atom. The molecule has 0 fully saturated rings. The zero-order valence-corrected chi connectivity index (χ0v) is 14.5. The molecule has 2 rings (SSSR count). The van der Waals surface area contributed by atoms with Crippen LogP contribution in [0.4, 0.5) is 0 Å². The van der Waals surface area contributed by atoms with E-state index in [-0.39, 0.29) is 6.17 Å². The minimum absolute atomic E-state index is 0.203. The van der Waals surface area contributed by atoms with Gasteiger partial charge in [0.25, 0.3) is 0 Å². The molecule has 0 amide bonds. The van der Waals surface area contributed by atoms with Crippen LogP contribution < -0.4 is 5.32 Å². The van der Waals surface area contributed by atoms with Crippen molar-refractivity contribution in [2.24, 2.45) is 5.41 Å². The van der Waals surface area contributed by atoms with Crippen LogP contribution >= 0.6 is 0 Å². The second kappa shape index (κ2) is 8.84. The van der Waals surface area contributed by atoms with Gasteiger partial charge in [0.15, 0.2) is 0 Å². The van der Waals surface area contributed by atoms with Gasteiger partial charge in [-0.3, -0.25) is 0 Å². The Hall–Kier alpha value is -1.66. The average molecular weight is 319 g/mol. The van der Waals surface area contributed by atoms with Crippen molar-refractivity contribution in [1.82, 2.24) is 24.4 Å². The Balaban J connectivity index is 1.64. The molecule has 0 saturated heterocycles. The van der Waals surface area contributed by atoms with Gasteiger partial charge in [-0.1, -0.05) is 20.8 Å². The highest BCUT2D eigenvalue weighted by molar-refractivity contribution is 4.86. The maximum absolute atomic E-state index is 5.67. The van der Waals surface area contributed by atoms with E-state index in [4.69, 9.17) is 4.74 Å². The lowest BCUT2D eigenvalue weighted by Crippen LogP contribution is -2.26. The van der Waals surface area contributed by atoms with E-state index >= 15 is 0 Å². The normalized spacial score (nSPS) is 12.2. The van der Waals surface area contributed by atoms with Gasteiger partial charge in [-0.2, -0.15) is 0 Å². The quantitative estimate of drug-likeness (QED) is 0.684. The predicted molar refractivity (Wildman–Crippen MR) is 91.3 cm³/mol. The van der Waals surface area contributed by atoms with Crippen LogP contribution in [0.5, 0.6) is 0 Å². The monoisotopic (exact) mass is 319 g/mol. The van der Waals surface area contributed by atoms with Gasteiger partial charge < -0.3 is 19.2 Å². The zero-order valence-electron chi connectivity index (χ0n) is 14.5. The number of rotatable bonds is 10. The van der Waals surface area contributed by atoms with E-state index in [1.54, 1.807) is 12.4 Å². The first kappa shape index (κ1) is 17.7. The molecule has 2 heterocycles. The summed E-state index contributed by atoms with van der Waals surface area (Å²) in [5.41, 5.74) is 0.344. The van der Waals surface area contributed by atoms with Gasteiger partial charge in [0.2, 0.25) is 0 Å². The molecular weight excluding hydrogens is 290 g/mol. The van der Waals surface area contributed by atoms with Gasteiger partial charge in [0.05, 0.1) is 19.3 Å². The van der Waals surface area contributed by atoms with Crippen LogP contribution in [0.2, 0.25) is 0 Å². The van der Waals surface area contributed by atoms with Crippen molar-refractivity contribution in [3.63, 3.8) is 0 Å². The maximum atomic E-state index is 5.67. The number of hydrogen-bond acceptors (Lipinski definition) is 4. The predicted octanol–water partition coefficient (Wildman–Crippen LogP) is 2.56. The van der Waals surface area contributed by atoms with Crippen LogP contribution in [0, 0.1) is 5.41 Å². The van der Waals surface area contributed by atoms with Crippen molar-refractivity contribution in [2.45, 2.75) is 39.8 Å². The van der Waals surface area contributed by atoms with Crippen LogP contribution in [0.15, 0.2) is 37.4 Å². The number of imidazole rings is 2. The molecule has 2 aromatic heterocycles. The van der Waals surface area contributed by atoms with E-state index in [1.165, 1.54) is 0 Å². The lowest BCUT2D eigenvalue weighted by Gasteiger charge is -2.20. The summed E-state index contributed by atoms with van der Waals surface area (Å²) >= 11 is 0. The molecule has 0 aliphatic heterocycles. The lowest BCUT2D eigenvalue weighted by molar-refractivity contribution is 0.110. The van der Waals surface area contributed by atoms with Crippen LogP contribution in [0.25, 0.3) is 0 Å². The lowest BCUT2D eigenvalue weighted by atomic mass is 9.93. The molecule has 0 aliphatic carbocycles. The molecule has 2 aromatic rings. The summed E-state index contributed by atoms with van der Waals surface area (Å²) in [7, 11) is 0. The molecule has 128 valence electrons. The van der Waals surface area contributed by atoms with Gasteiger partial charge in [0.1, 0.15) is 6.17 Å². The van der Waals surface area contributed by atoms with Gasteiger partial charge in [0, 0.05) is 37.9 Å². The minimum Gasteiger partial charge on any atom is -0.380 e. The highest BCUT2D eigenvalue weighted by Gasteiger charge is 2.11. The van der Waals surface area contributed by atoms with Crippen molar-refractivity contribution < 1.29 is 4.74 Å². The molecule has 0 radical (unpaired) electrons. The van der Waals surface area contributed by atoms with Gasteiger partial charge >= 0.3 is 0 Å². The van der Waals surface area contributed by atoms with Gasteiger partial charge in [-0.05, 0) is 24.8 Å². The summed E-state index contributed by atoms with van der Waals surface area (Å²) in [5.74, 6) is 0. The largest absolute Gasteiger partial charge is 0.380 e. The smallest absolute Gasteiger partial charge is 0.113 e. The summed E-state index contributed by atoms with van der Waals surface area (Å²) in [6, 6.07) is 0. The molecule has 1 N–H and O–H groups in total. The van der Waals surface area contributed by atoms with Crippen molar-refractivity contribution >= 4 is 0 Å². The molecular formula is C17H29N5O. The van der Waals surface area contributed by atoms with E-state index in [0.29, 0.717) is 5.41 Å². The zero-order chi connectivity index (χ0) is 16.5. The van der Waals surface area contributed by atoms with E-state index in [2.05, 4.69) is 45.2 Å². The Morgan fingerprint density at radius 3 is 2.17 bits per heavy atom. The highest BCUT2D eigenvalue weighted by atomic mass is 16.5. The molecule has 0 saturated carbocycles. The fourth-order valence-electron chi connectivity index (χ4n) is 2.32. The van der Waals surface area contributed by atoms with E-state index < -0.39 is 0 Å².